The molecule has 0 radical (unpaired) electrons. The van der Waals surface area contributed by atoms with Crippen LogP contribution in [0.15, 0.2) is 78.4 Å². The van der Waals surface area contributed by atoms with Gasteiger partial charge < -0.3 is 14.8 Å². The number of para-hydroxylation sites is 2. The van der Waals surface area contributed by atoms with Gasteiger partial charge in [0, 0.05) is 12.1 Å². The van der Waals surface area contributed by atoms with Crippen molar-refractivity contribution >= 4 is 46.9 Å². The molecule has 0 spiro atoms. The number of carbonyl (C=O) groups is 4. The fraction of sp³-hybridized carbons (Fsp3) is 0.0769. The average Bonchev–Trinajstić information content (AvgIpc) is 2.90. The number of barbiturate groups is 1. The highest BCUT2D eigenvalue weighted by Crippen LogP contribution is 2.26. The van der Waals surface area contributed by atoms with Crippen LogP contribution in [-0.2, 0) is 14.4 Å². The number of hydrogen-bond acceptors (Lipinski definition) is 8. The minimum Gasteiger partial charge on any atom is -0.495 e. The maximum Gasteiger partial charge on any atom is 0.335 e. The Morgan fingerprint density at radius 3 is 2.58 bits per heavy atom. The maximum atomic E-state index is 13.1. The molecule has 1 aliphatic rings. The van der Waals surface area contributed by atoms with E-state index in [0.29, 0.717) is 21.9 Å². The standard InChI is InChI=1S/C26H20N4O8/c1-37-22-11-3-2-10-21(22)27-23(31)15-38-19-9-4-6-16(12-19)13-20-24(32)28-26(34)29(25(20)33)17-7-5-8-18(14-17)30(35)36/h2-14H,15H2,1H3,(H,27,31)(H,28,32,34)/b20-13-. The van der Waals surface area contributed by atoms with Crippen molar-refractivity contribution in [3.63, 3.8) is 0 Å². The van der Waals surface area contributed by atoms with Gasteiger partial charge in [-0.3, -0.25) is 29.8 Å². The second-order valence-corrected chi connectivity index (χ2v) is 7.84. The third-order valence-corrected chi connectivity index (χ3v) is 5.32. The van der Waals surface area contributed by atoms with E-state index >= 15 is 0 Å². The van der Waals surface area contributed by atoms with Gasteiger partial charge in [-0.2, -0.15) is 0 Å². The predicted molar refractivity (Wildman–Crippen MR) is 136 cm³/mol. The van der Waals surface area contributed by atoms with Gasteiger partial charge in [-0.1, -0.05) is 30.3 Å². The molecule has 0 aliphatic carbocycles. The van der Waals surface area contributed by atoms with E-state index in [1.165, 1.54) is 37.5 Å². The number of methoxy groups -OCH3 is 1. The number of nitrogens with one attached hydrogen (secondary N) is 2. The summed E-state index contributed by atoms with van der Waals surface area (Å²) in [4.78, 5) is 61.3. The van der Waals surface area contributed by atoms with Gasteiger partial charge >= 0.3 is 6.03 Å². The number of ether oxygens (including phenoxy) is 2. The van der Waals surface area contributed by atoms with Crippen LogP contribution in [-0.4, -0.2) is 42.4 Å². The first-order valence-electron chi connectivity index (χ1n) is 11.1. The fourth-order valence-corrected chi connectivity index (χ4v) is 3.58. The lowest BCUT2D eigenvalue weighted by molar-refractivity contribution is -0.384. The Morgan fingerprint density at radius 2 is 1.82 bits per heavy atom. The lowest BCUT2D eigenvalue weighted by Gasteiger charge is -2.26. The van der Waals surface area contributed by atoms with Crippen molar-refractivity contribution in [1.29, 1.82) is 0 Å². The monoisotopic (exact) mass is 516 g/mol. The number of urea groups is 1. The van der Waals surface area contributed by atoms with Crippen molar-refractivity contribution in [3.8, 4) is 11.5 Å². The molecule has 4 rings (SSSR count). The molecule has 12 nitrogen and oxygen atoms in total. The average molecular weight is 516 g/mol. The van der Waals surface area contributed by atoms with E-state index in [-0.39, 0.29) is 29.3 Å². The van der Waals surface area contributed by atoms with Crippen LogP contribution < -0.4 is 25.0 Å². The lowest BCUT2D eigenvalue weighted by atomic mass is 10.1. The first-order valence-corrected chi connectivity index (χ1v) is 11.1. The zero-order valence-corrected chi connectivity index (χ0v) is 19.9. The minimum absolute atomic E-state index is 0.0711. The van der Waals surface area contributed by atoms with Crippen molar-refractivity contribution < 1.29 is 33.6 Å². The van der Waals surface area contributed by atoms with Gasteiger partial charge in [-0.05, 0) is 42.0 Å². The second kappa shape index (κ2) is 11.0. The normalized spacial score (nSPS) is 14.2. The Labute approximate surface area is 215 Å². The summed E-state index contributed by atoms with van der Waals surface area (Å²) in [6.07, 6.45) is 1.25. The van der Waals surface area contributed by atoms with E-state index < -0.39 is 28.7 Å². The summed E-state index contributed by atoms with van der Waals surface area (Å²) in [6, 6.07) is 17.0. The van der Waals surface area contributed by atoms with E-state index in [2.05, 4.69) is 10.6 Å². The number of benzene rings is 3. The van der Waals surface area contributed by atoms with E-state index in [1.807, 2.05) is 0 Å². The van der Waals surface area contributed by atoms with Crippen LogP contribution >= 0.6 is 0 Å². The highest BCUT2D eigenvalue weighted by Gasteiger charge is 2.37. The number of nitro groups is 1. The Morgan fingerprint density at radius 1 is 1.05 bits per heavy atom. The molecule has 0 bridgehead atoms. The van der Waals surface area contributed by atoms with Gasteiger partial charge in [0.2, 0.25) is 0 Å². The van der Waals surface area contributed by atoms with Crippen LogP contribution in [0.1, 0.15) is 5.56 Å². The van der Waals surface area contributed by atoms with Crippen molar-refractivity contribution in [1.82, 2.24) is 5.32 Å². The van der Waals surface area contributed by atoms with Crippen LogP contribution in [0.4, 0.5) is 21.9 Å². The molecule has 192 valence electrons. The number of rotatable bonds is 8. The van der Waals surface area contributed by atoms with E-state index in [4.69, 9.17) is 9.47 Å². The highest BCUT2D eigenvalue weighted by molar-refractivity contribution is 6.39. The summed E-state index contributed by atoms with van der Waals surface area (Å²) >= 11 is 0. The Bertz CT molecular complexity index is 1480. The first kappa shape index (κ1) is 25.6. The van der Waals surface area contributed by atoms with Crippen LogP contribution in [0.3, 0.4) is 0 Å². The molecule has 1 aliphatic heterocycles. The quantitative estimate of drug-likeness (QED) is 0.200. The molecular weight excluding hydrogens is 496 g/mol. The maximum absolute atomic E-state index is 13.1. The smallest absolute Gasteiger partial charge is 0.335 e. The number of non-ortho nitro benzene ring substituents is 1. The van der Waals surface area contributed by atoms with Crippen molar-refractivity contribution in [2.45, 2.75) is 0 Å². The molecule has 0 atom stereocenters. The summed E-state index contributed by atoms with van der Waals surface area (Å²) in [5.74, 6) is -1.55. The number of carbonyl (C=O) groups excluding carboxylic acids is 4. The van der Waals surface area contributed by atoms with Gasteiger partial charge in [-0.15, -0.1) is 0 Å². The largest absolute Gasteiger partial charge is 0.495 e. The van der Waals surface area contributed by atoms with Crippen molar-refractivity contribution in [2.24, 2.45) is 0 Å². The minimum atomic E-state index is -1.03. The van der Waals surface area contributed by atoms with E-state index in [0.717, 1.165) is 6.07 Å². The number of imide groups is 2. The molecule has 3 aromatic rings. The summed E-state index contributed by atoms with van der Waals surface area (Å²) in [7, 11) is 1.48. The predicted octanol–water partition coefficient (Wildman–Crippen LogP) is 3.29. The molecule has 12 heteroatoms. The highest BCUT2D eigenvalue weighted by atomic mass is 16.6. The van der Waals surface area contributed by atoms with E-state index in [1.54, 1.807) is 42.5 Å². The first-order chi connectivity index (χ1) is 18.3. The summed E-state index contributed by atoms with van der Waals surface area (Å²) in [6.45, 7) is -0.327. The van der Waals surface area contributed by atoms with Gasteiger partial charge in [0.1, 0.15) is 17.1 Å². The Balaban J connectivity index is 1.50. The summed E-state index contributed by atoms with van der Waals surface area (Å²) in [5.41, 5.74) is 0.0803. The SMILES string of the molecule is COc1ccccc1NC(=O)COc1cccc(/C=C2/C(=O)NC(=O)N(c3cccc([N+](=O)[O-])c3)C2=O)c1. The number of amides is 5. The molecule has 1 fully saturated rings. The number of nitrogens with zero attached hydrogens (tertiary/aromatic N) is 2. The molecule has 0 saturated carbocycles. The fourth-order valence-electron chi connectivity index (χ4n) is 3.58. The molecule has 0 aromatic heterocycles. The molecule has 0 unspecified atom stereocenters. The third kappa shape index (κ3) is 5.65. The molecule has 2 N–H and O–H groups in total. The zero-order valence-electron chi connectivity index (χ0n) is 19.9. The summed E-state index contributed by atoms with van der Waals surface area (Å²) < 4.78 is 10.7. The van der Waals surface area contributed by atoms with Crippen LogP contribution in [0.2, 0.25) is 0 Å². The van der Waals surface area contributed by atoms with Gasteiger partial charge in [0.05, 0.1) is 23.4 Å². The van der Waals surface area contributed by atoms with Gasteiger partial charge in [-0.25, -0.2) is 9.69 Å². The molecule has 1 saturated heterocycles. The number of nitro benzene ring substituents is 1. The Hall–Kier alpha value is -5.52. The summed E-state index contributed by atoms with van der Waals surface area (Å²) in [5, 5.41) is 15.8. The number of anilines is 2. The van der Waals surface area contributed by atoms with Crippen LogP contribution in [0, 0.1) is 10.1 Å². The zero-order chi connectivity index (χ0) is 27.2. The van der Waals surface area contributed by atoms with Crippen molar-refractivity contribution in [2.75, 3.05) is 23.9 Å². The lowest BCUT2D eigenvalue weighted by Crippen LogP contribution is -2.54. The second-order valence-electron chi connectivity index (χ2n) is 7.84. The Kier molecular flexibility index (Phi) is 7.43. The number of hydrogen-bond donors (Lipinski definition) is 2. The van der Waals surface area contributed by atoms with E-state index in [9.17, 15) is 29.3 Å². The molecule has 5 amide bonds. The topological polar surface area (TPSA) is 157 Å². The van der Waals surface area contributed by atoms with Crippen molar-refractivity contribution in [3.05, 3.63) is 94.0 Å². The molecule has 38 heavy (non-hydrogen) atoms. The van der Waals surface area contributed by atoms with Crippen LogP contribution in [0.25, 0.3) is 6.08 Å². The third-order valence-electron chi connectivity index (χ3n) is 5.32. The van der Waals surface area contributed by atoms with Crippen LogP contribution in [0.5, 0.6) is 11.5 Å². The molecule has 1 heterocycles. The van der Waals surface area contributed by atoms with Gasteiger partial charge in [0.25, 0.3) is 23.4 Å². The van der Waals surface area contributed by atoms with Gasteiger partial charge in [0.15, 0.2) is 6.61 Å². The molecular formula is C26H20N4O8. The molecule has 3 aromatic carbocycles.